The number of carbonyl (C=O) groups is 1. The van der Waals surface area contributed by atoms with Gasteiger partial charge in [-0.05, 0) is 19.8 Å². The first kappa shape index (κ1) is 18.5. The Balaban J connectivity index is 0.00000220. The molecule has 0 bridgehead atoms. The van der Waals surface area contributed by atoms with E-state index in [9.17, 15) is 4.79 Å². The van der Waals surface area contributed by atoms with E-state index in [-0.39, 0.29) is 35.3 Å². The van der Waals surface area contributed by atoms with Gasteiger partial charge in [0.2, 0.25) is 5.91 Å². The molecule has 21 heavy (non-hydrogen) atoms. The lowest BCUT2D eigenvalue weighted by atomic mass is 9.79. The Morgan fingerprint density at radius 3 is 2.95 bits per heavy atom. The van der Waals surface area contributed by atoms with E-state index in [2.05, 4.69) is 27.1 Å². The molecule has 7 heteroatoms. The van der Waals surface area contributed by atoms with Crippen LogP contribution in [-0.4, -0.2) is 49.5 Å². The molecule has 2 rings (SSSR count). The second-order valence-electron chi connectivity index (χ2n) is 5.67. The number of hydrogen-bond acceptors (Lipinski definition) is 2. The van der Waals surface area contributed by atoms with E-state index in [1.807, 2.05) is 6.92 Å². The fourth-order valence-corrected chi connectivity index (χ4v) is 3.08. The van der Waals surface area contributed by atoms with Crippen LogP contribution in [0, 0.1) is 5.41 Å². The number of halogens is 2. The monoisotopic (exact) mass is 426 g/mol. The van der Waals surface area contributed by atoms with E-state index in [4.69, 9.17) is 11.6 Å². The molecule has 2 N–H and O–H groups in total. The minimum atomic E-state index is 0. The fourth-order valence-electron chi connectivity index (χ4n) is 3.02. The van der Waals surface area contributed by atoms with Crippen LogP contribution in [0.3, 0.4) is 0 Å². The minimum absolute atomic E-state index is 0. The molecule has 2 saturated heterocycles. The van der Waals surface area contributed by atoms with Gasteiger partial charge in [-0.25, -0.2) is 4.99 Å². The van der Waals surface area contributed by atoms with Crippen molar-refractivity contribution in [2.75, 3.05) is 32.7 Å². The third-order valence-corrected chi connectivity index (χ3v) is 4.01. The molecule has 1 spiro atoms. The average Bonchev–Trinajstić information content (AvgIpc) is 2.75. The zero-order valence-corrected chi connectivity index (χ0v) is 15.5. The summed E-state index contributed by atoms with van der Waals surface area (Å²) in [7, 11) is 0. The summed E-state index contributed by atoms with van der Waals surface area (Å²) in [5, 5.41) is 6.79. The molecular weight excluding hydrogens is 403 g/mol. The summed E-state index contributed by atoms with van der Waals surface area (Å²) in [6, 6.07) is 0. The highest BCUT2D eigenvalue weighted by atomic mass is 127. The zero-order chi connectivity index (χ0) is 14.6. The number of piperidine rings is 1. The number of hydrogen-bond donors (Lipinski definition) is 2. The second kappa shape index (κ2) is 8.22. The van der Waals surface area contributed by atoms with E-state index in [0.717, 1.165) is 45.0 Å². The van der Waals surface area contributed by atoms with Crippen molar-refractivity contribution in [3.8, 4) is 0 Å². The van der Waals surface area contributed by atoms with Crippen LogP contribution < -0.4 is 10.6 Å². The Morgan fingerprint density at radius 2 is 2.38 bits per heavy atom. The first-order valence-electron chi connectivity index (χ1n) is 7.18. The molecule has 120 valence electrons. The molecule has 0 aromatic heterocycles. The van der Waals surface area contributed by atoms with Gasteiger partial charge >= 0.3 is 0 Å². The molecule has 0 radical (unpaired) electrons. The van der Waals surface area contributed by atoms with Crippen molar-refractivity contribution >= 4 is 47.4 Å². The highest BCUT2D eigenvalue weighted by molar-refractivity contribution is 14.0. The Morgan fingerprint density at radius 1 is 1.62 bits per heavy atom. The fraction of sp³-hybridized carbons (Fsp3) is 0.714. The second-order valence-corrected chi connectivity index (χ2v) is 6.20. The molecule has 2 aliphatic heterocycles. The number of amides is 1. The standard InChI is InChI=1S/C14H23ClN4O.HI/c1-3-16-13(17-8-11(2)15)19-6-4-5-14(10-19)7-12(20)18-9-14;/h2-10H2,1H3,(H,16,17)(H,18,20);1H. The van der Waals surface area contributed by atoms with Crippen molar-refractivity contribution in [3.63, 3.8) is 0 Å². The Hall–Kier alpha value is -0.500. The number of guanidine groups is 1. The number of rotatable bonds is 3. The van der Waals surface area contributed by atoms with Crippen LogP contribution in [0.15, 0.2) is 16.6 Å². The molecule has 0 aromatic rings. The van der Waals surface area contributed by atoms with E-state index in [1.54, 1.807) is 0 Å². The van der Waals surface area contributed by atoms with Gasteiger partial charge in [-0.15, -0.1) is 24.0 Å². The average molecular weight is 427 g/mol. The van der Waals surface area contributed by atoms with Crippen molar-refractivity contribution in [1.29, 1.82) is 0 Å². The predicted molar refractivity (Wildman–Crippen MR) is 97.3 cm³/mol. The smallest absolute Gasteiger partial charge is 0.220 e. The summed E-state index contributed by atoms with van der Waals surface area (Å²) in [6.07, 6.45) is 2.82. The summed E-state index contributed by atoms with van der Waals surface area (Å²) < 4.78 is 0. The minimum Gasteiger partial charge on any atom is -0.357 e. The topological polar surface area (TPSA) is 56.7 Å². The maximum atomic E-state index is 11.5. The van der Waals surface area contributed by atoms with Gasteiger partial charge in [0.05, 0.1) is 6.54 Å². The third-order valence-electron chi connectivity index (χ3n) is 3.89. The van der Waals surface area contributed by atoms with E-state index in [1.165, 1.54) is 0 Å². The molecule has 1 amide bonds. The third kappa shape index (κ3) is 5.02. The van der Waals surface area contributed by atoms with Gasteiger partial charge in [-0.3, -0.25) is 4.79 Å². The van der Waals surface area contributed by atoms with Gasteiger partial charge in [0.15, 0.2) is 5.96 Å². The first-order chi connectivity index (χ1) is 9.54. The first-order valence-corrected chi connectivity index (χ1v) is 7.56. The molecule has 2 fully saturated rings. The molecule has 0 aromatic carbocycles. The molecule has 0 saturated carbocycles. The molecule has 1 atom stereocenters. The quantitative estimate of drug-likeness (QED) is 0.412. The Kier molecular flexibility index (Phi) is 7.26. The normalized spacial score (nSPS) is 25.5. The van der Waals surface area contributed by atoms with Gasteiger partial charge in [-0.2, -0.15) is 0 Å². The van der Waals surface area contributed by atoms with Crippen LogP contribution >= 0.6 is 35.6 Å². The van der Waals surface area contributed by atoms with Crippen LogP contribution in [0.25, 0.3) is 0 Å². The number of aliphatic imine (C=N–C) groups is 1. The maximum absolute atomic E-state index is 11.5. The lowest BCUT2D eigenvalue weighted by Crippen LogP contribution is -2.51. The molecule has 2 heterocycles. The molecule has 1 unspecified atom stereocenters. The van der Waals surface area contributed by atoms with Crippen LogP contribution in [0.4, 0.5) is 0 Å². The van der Waals surface area contributed by atoms with E-state index in [0.29, 0.717) is 18.0 Å². The van der Waals surface area contributed by atoms with Crippen molar-refractivity contribution < 1.29 is 4.79 Å². The maximum Gasteiger partial charge on any atom is 0.220 e. The van der Waals surface area contributed by atoms with Crippen LogP contribution in [0.1, 0.15) is 26.2 Å². The summed E-state index contributed by atoms with van der Waals surface area (Å²) >= 11 is 5.80. The zero-order valence-electron chi connectivity index (χ0n) is 12.5. The van der Waals surface area contributed by atoms with Gasteiger partial charge in [0.25, 0.3) is 0 Å². The Bertz CT molecular complexity index is 429. The largest absolute Gasteiger partial charge is 0.357 e. The van der Waals surface area contributed by atoms with Gasteiger partial charge in [-0.1, -0.05) is 18.2 Å². The number of likely N-dealkylation sites (tertiary alicyclic amines) is 1. The summed E-state index contributed by atoms with van der Waals surface area (Å²) in [6.45, 7) is 9.57. The van der Waals surface area contributed by atoms with Gasteiger partial charge in [0, 0.05) is 43.0 Å². The van der Waals surface area contributed by atoms with Gasteiger partial charge < -0.3 is 15.5 Å². The molecule has 2 aliphatic rings. The number of nitrogens with one attached hydrogen (secondary N) is 2. The highest BCUT2D eigenvalue weighted by Crippen LogP contribution is 2.35. The van der Waals surface area contributed by atoms with Crippen molar-refractivity contribution in [2.24, 2.45) is 10.4 Å². The van der Waals surface area contributed by atoms with Gasteiger partial charge in [0.1, 0.15) is 0 Å². The molecule has 5 nitrogen and oxygen atoms in total. The van der Waals surface area contributed by atoms with Crippen molar-refractivity contribution in [2.45, 2.75) is 26.2 Å². The predicted octanol–water partition coefficient (Wildman–Crippen LogP) is 1.92. The van der Waals surface area contributed by atoms with Crippen molar-refractivity contribution in [1.82, 2.24) is 15.5 Å². The van der Waals surface area contributed by atoms with E-state index < -0.39 is 0 Å². The van der Waals surface area contributed by atoms with E-state index >= 15 is 0 Å². The van der Waals surface area contributed by atoms with Crippen LogP contribution in [0.5, 0.6) is 0 Å². The highest BCUT2D eigenvalue weighted by Gasteiger charge is 2.42. The lowest BCUT2D eigenvalue weighted by molar-refractivity contribution is -0.119. The summed E-state index contributed by atoms with van der Waals surface area (Å²) in [5.74, 6) is 1.04. The lowest BCUT2D eigenvalue weighted by Gasteiger charge is -2.40. The Labute approximate surface area is 148 Å². The number of carbonyl (C=O) groups excluding carboxylic acids is 1. The molecule has 0 aliphatic carbocycles. The summed E-state index contributed by atoms with van der Waals surface area (Å²) in [5.41, 5.74) is 0.0729. The summed E-state index contributed by atoms with van der Waals surface area (Å²) in [4.78, 5) is 18.3. The van der Waals surface area contributed by atoms with Crippen LogP contribution in [0.2, 0.25) is 0 Å². The molecular formula is C14H24ClIN4O. The van der Waals surface area contributed by atoms with Crippen LogP contribution in [-0.2, 0) is 4.79 Å². The SMILES string of the molecule is C=C(Cl)CN=C(NCC)N1CCCC2(CNC(=O)C2)C1.I. The van der Waals surface area contributed by atoms with Crippen molar-refractivity contribution in [3.05, 3.63) is 11.6 Å². The number of nitrogens with zero attached hydrogens (tertiary/aromatic N) is 2.